The number of rotatable bonds is 3. The van der Waals surface area contributed by atoms with Crippen LogP contribution in [0.25, 0.3) is 0 Å². The first-order valence-corrected chi connectivity index (χ1v) is 5.87. The molecule has 3 nitrogen and oxygen atoms in total. The van der Waals surface area contributed by atoms with Gasteiger partial charge in [0.05, 0.1) is 23.4 Å². The number of aromatic nitrogens is 1. The third kappa shape index (κ3) is 2.94. The van der Waals surface area contributed by atoms with Gasteiger partial charge < -0.3 is 9.88 Å². The van der Waals surface area contributed by atoms with E-state index in [0.717, 1.165) is 17.8 Å². The molecule has 0 saturated heterocycles. The van der Waals surface area contributed by atoms with Gasteiger partial charge in [-0.25, -0.2) is 0 Å². The van der Waals surface area contributed by atoms with Crippen LogP contribution in [0.3, 0.4) is 0 Å². The van der Waals surface area contributed by atoms with Crippen LogP contribution in [-0.4, -0.2) is 4.57 Å². The van der Waals surface area contributed by atoms with Crippen molar-refractivity contribution in [3.63, 3.8) is 0 Å². The van der Waals surface area contributed by atoms with Gasteiger partial charge in [0.15, 0.2) is 0 Å². The van der Waals surface area contributed by atoms with Crippen molar-refractivity contribution < 1.29 is 13.2 Å². The molecule has 0 spiro atoms. The standard InChI is InChI=1S/C14H12F3N3/c1-20-6-2-3-12(20)9-19-13-5-4-11(14(15,16)17)7-10(13)8-18/h2-7,19H,9H2,1H3. The van der Waals surface area contributed by atoms with Gasteiger partial charge in [-0.05, 0) is 30.3 Å². The van der Waals surface area contributed by atoms with Gasteiger partial charge in [0.2, 0.25) is 0 Å². The van der Waals surface area contributed by atoms with E-state index in [4.69, 9.17) is 5.26 Å². The minimum absolute atomic E-state index is 0.0194. The number of hydrogen-bond acceptors (Lipinski definition) is 2. The Labute approximate surface area is 114 Å². The Morgan fingerprint density at radius 3 is 2.60 bits per heavy atom. The van der Waals surface area contributed by atoms with Crippen molar-refractivity contribution in [3.05, 3.63) is 53.3 Å². The van der Waals surface area contributed by atoms with Crippen molar-refractivity contribution >= 4 is 5.69 Å². The summed E-state index contributed by atoms with van der Waals surface area (Å²) in [6.07, 6.45) is -2.57. The second-order valence-corrected chi connectivity index (χ2v) is 4.33. The molecule has 0 saturated carbocycles. The molecule has 0 unspecified atom stereocenters. The van der Waals surface area contributed by atoms with Gasteiger partial charge >= 0.3 is 6.18 Å². The van der Waals surface area contributed by atoms with Crippen LogP contribution in [0.5, 0.6) is 0 Å². The maximum absolute atomic E-state index is 12.6. The van der Waals surface area contributed by atoms with Crippen molar-refractivity contribution in [1.29, 1.82) is 5.26 Å². The van der Waals surface area contributed by atoms with Gasteiger partial charge in [0.25, 0.3) is 0 Å². The number of hydrogen-bond donors (Lipinski definition) is 1. The second kappa shape index (κ2) is 5.29. The molecule has 2 rings (SSSR count). The summed E-state index contributed by atoms with van der Waals surface area (Å²) in [5.74, 6) is 0. The van der Waals surface area contributed by atoms with Crippen molar-refractivity contribution in [2.75, 3.05) is 5.32 Å². The summed E-state index contributed by atoms with van der Waals surface area (Å²) in [4.78, 5) is 0. The van der Waals surface area contributed by atoms with Crippen molar-refractivity contribution in [2.24, 2.45) is 7.05 Å². The Balaban J connectivity index is 2.21. The number of nitriles is 1. The summed E-state index contributed by atoms with van der Waals surface area (Å²) in [7, 11) is 1.87. The van der Waals surface area contributed by atoms with Gasteiger partial charge in [0.1, 0.15) is 6.07 Å². The maximum atomic E-state index is 12.6. The van der Waals surface area contributed by atoms with Crippen molar-refractivity contribution in [2.45, 2.75) is 12.7 Å². The molecule has 0 radical (unpaired) electrons. The Kier molecular flexibility index (Phi) is 3.70. The molecular formula is C14H12F3N3. The average molecular weight is 279 g/mol. The fraction of sp³-hybridized carbons (Fsp3) is 0.214. The van der Waals surface area contributed by atoms with Gasteiger partial charge in [-0.2, -0.15) is 18.4 Å². The monoisotopic (exact) mass is 279 g/mol. The van der Waals surface area contributed by atoms with E-state index in [1.165, 1.54) is 6.07 Å². The van der Waals surface area contributed by atoms with Crippen LogP contribution >= 0.6 is 0 Å². The lowest BCUT2D eigenvalue weighted by atomic mass is 10.1. The fourth-order valence-corrected chi connectivity index (χ4v) is 1.83. The molecule has 6 heteroatoms. The maximum Gasteiger partial charge on any atom is 0.416 e. The Hall–Kier alpha value is -2.42. The van der Waals surface area contributed by atoms with Gasteiger partial charge in [-0.3, -0.25) is 0 Å². The number of nitrogens with one attached hydrogen (secondary N) is 1. The molecule has 104 valence electrons. The normalized spacial score (nSPS) is 11.2. The highest BCUT2D eigenvalue weighted by Gasteiger charge is 2.31. The largest absolute Gasteiger partial charge is 0.416 e. The van der Waals surface area contributed by atoms with Crippen LogP contribution in [0, 0.1) is 11.3 Å². The SMILES string of the molecule is Cn1cccc1CNc1ccc(C(F)(F)F)cc1C#N. The van der Waals surface area contributed by atoms with Gasteiger partial charge in [-0.1, -0.05) is 0 Å². The summed E-state index contributed by atoms with van der Waals surface area (Å²) >= 11 is 0. The predicted molar refractivity (Wildman–Crippen MR) is 68.9 cm³/mol. The zero-order chi connectivity index (χ0) is 14.8. The quantitative estimate of drug-likeness (QED) is 0.933. The lowest BCUT2D eigenvalue weighted by Crippen LogP contribution is -2.08. The third-order valence-electron chi connectivity index (χ3n) is 2.98. The summed E-state index contributed by atoms with van der Waals surface area (Å²) in [5, 5.41) is 11.9. The number of nitrogens with zero attached hydrogens (tertiary/aromatic N) is 2. The molecule has 20 heavy (non-hydrogen) atoms. The first kappa shape index (κ1) is 14.0. The minimum Gasteiger partial charge on any atom is -0.378 e. The highest BCUT2D eigenvalue weighted by atomic mass is 19.4. The summed E-state index contributed by atoms with van der Waals surface area (Å²) < 4.78 is 39.6. The van der Waals surface area contributed by atoms with Crippen LogP contribution in [0.1, 0.15) is 16.8 Å². The van der Waals surface area contributed by atoms with E-state index in [0.29, 0.717) is 12.2 Å². The van der Waals surface area contributed by atoms with Crippen LogP contribution in [0.4, 0.5) is 18.9 Å². The molecule has 0 fully saturated rings. The lowest BCUT2D eigenvalue weighted by molar-refractivity contribution is -0.137. The molecule has 0 amide bonds. The number of anilines is 1. The molecule has 1 aromatic carbocycles. The Bertz CT molecular complexity index is 650. The molecule has 1 heterocycles. The highest BCUT2D eigenvalue weighted by Crippen LogP contribution is 2.31. The third-order valence-corrected chi connectivity index (χ3v) is 2.98. The molecule has 0 aliphatic carbocycles. The van der Waals surface area contributed by atoms with Gasteiger partial charge in [0, 0.05) is 18.9 Å². The average Bonchev–Trinajstić information content (AvgIpc) is 2.80. The summed E-state index contributed by atoms with van der Waals surface area (Å²) in [5.41, 5.74) is 0.517. The number of alkyl halides is 3. The lowest BCUT2D eigenvalue weighted by Gasteiger charge is -2.12. The van der Waals surface area contributed by atoms with E-state index in [1.54, 1.807) is 6.07 Å². The van der Waals surface area contributed by atoms with E-state index in [1.807, 2.05) is 29.9 Å². The molecule has 0 aliphatic rings. The first-order chi connectivity index (χ1) is 9.41. The van der Waals surface area contributed by atoms with Crippen molar-refractivity contribution in [1.82, 2.24) is 4.57 Å². The second-order valence-electron chi connectivity index (χ2n) is 4.33. The van der Waals surface area contributed by atoms with E-state index in [9.17, 15) is 13.2 Å². The minimum atomic E-state index is -4.44. The number of aryl methyl sites for hydroxylation is 1. The Morgan fingerprint density at radius 2 is 2.05 bits per heavy atom. The molecule has 0 bridgehead atoms. The smallest absolute Gasteiger partial charge is 0.378 e. The molecular weight excluding hydrogens is 267 g/mol. The van der Waals surface area contributed by atoms with E-state index in [-0.39, 0.29) is 5.56 Å². The molecule has 1 aromatic heterocycles. The first-order valence-electron chi connectivity index (χ1n) is 5.87. The van der Waals surface area contributed by atoms with Crippen LogP contribution in [0.2, 0.25) is 0 Å². The molecule has 0 aliphatic heterocycles. The fourth-order valence-electron chi connectivity index (χ4n) is 1.83. The predicted octanol–water partition coefficient (Wildman–Crippen LogP) is 3.53. The van der Waals surface area contributed by atoms with E-state index < -0.39 is 11.7 Å². The Morgan fingerprint density at radius 1 is 1.30 bits per heavy atom. The highest BCUT2D eigenvalue weighted by molar-refractivity contribution is 5.59. The van der Waals surface area contributed by atoms with Crippen LogP contribution < -0.4 is 5.32 Å². The zero-order valence-electron chi connectivity index (χ0n) is 10.7. The number of benzene rings is 1. The molecule has 0 atom stereocenters. The molecule has 1 N–H and O–H groups in total. The van der Waals surface area contributed by atoms with E-state index >= 15 is 0 Å². The van der Waals surface area contributed by atoms with Crippen LogP contribution in [-0.2, 0) is 19.8 Å². The van der Waals surface area contributed by atoms with Gasteiger partial charge in [-0.15, -0.1) is 0 Å². The zero-order valence-corrected chi connectivity index (χ0v) is 10.7. The van der Waals surface area contributed by atoms with Crippen LogP contribution in [0.15, 0.2) is 36.5 Å². The summed E-state index contributed by atoms with van der Waals surface area (Å²) in [6.45, 7) is 0.434. The number of halogens is 3. The topological polar surface area (TPSA) is 40.8 Å². The molecule has 2 aromatic rings. The summed E-state index contributed by atoms with van der Waals surface area (Å²) in [6, 6.07) is 8.65. The van der Waals surface area contributed by atoms with E-state index in [2.05, 4.69) is 5.32 Å². The van der Waals surface area contributed by atoms with Crippen molar-refractivity contribution in [3.8, 4) is 6.07 Å².